The van der Waals surface area contributed by atoms with Gasteiger partial charge in [-0.05, 0) is 42.0 Å². The number of aromatic nitrogens is 1. The molecule has 8 heteroatoms. The highest BCUT2D eigenvalue weighted by molar-refractivity contribution is 5.98. The number of nitrogens with zero attached hydrogens (tertiary/aromatic N) is 2. The van der Waals surface area contributed by atoms with Crippen molar-refractivity contribution in [1.29, 1.82) is 0 Å². The first kappa shape index (κ1) is 24.6. The zero-order valence-corrected chi connectivity index (χ0v) is 20.1. The fourth-order valence-corrected chi connectivity index (χ4v) is 3.32. The predicted octanol–water partition coefficient (Wildman–Crippen LogP) is 4.18. The molecule has 0 saturated carbocycles. The average Bonchev–Trinajstić information content (AvgIpc) is 3.23. The number of aliphatic imine (C=N–C) groups is 1. The minimum Gasteiger partial charge on any atom is -0.504 e. The fourth-order valence-electron chi connectivity index (χ4n) is 3.32. The van der Waals surface area contributed by atoms with Gasteiger partial charge in [-0.2, -0.15) is 0 Å². The standard InChI is InChI=1S/C26H30N4O4/c1-7-27-20(19-14-22(33-6)21(31)11-16(19)2)13-17-9-8-10-18(12-17)28-25(32)29-24-15-23(30-34-24)26(3,4)5/h7-12,14-15,31H,2,13H2,1,3-6H3,(H2,28,29,32)/b20-19-,27-7?. The molecular weight excluding hydrogens is 432 g/mol. The zero-order valence-electron chi connectivity index (χ0n) is 20.1. The van der Waals surface area contributed by atoms with Gasteiger partial charge in [0.25, 0.3) is 0 Å². The van der Waals surface area contributed by atoms with Crippen molar-refractivity contribution in [2.45, 2.75) is 39.5 Å². The number of carbonyl (C=O) groups excluding carboxylic acids is 1. The van der Waals surface area contributed by atoms with Crippen LogP contribution < -0.4 is 25.8 Å². The quantitative estimate of drug-likeness (QED) is 0.476. The number of benzene rings is 2. The summed E-state index contributed by atoms with van der Waals surface area (Å²) in [5, 5.41) is 20.9. The molecule has 178 valence electrons. The molecule has 1 aromatic heterocycles. The first-order chi connectivity index (χ1) is 16.1. The van der Waals surface area contributed by atoms with Crippen LogP contribution in [0.15, 0.2) is 52.0 Å². The number of aromatic hydroxyl groups is 1. The summed E-state index contributed by atoms with van der Waals surface area (Å²) >= 11 is 0. The Morgan fingerprint density at radius 1 is 1.24 bits per heavy atom. The molecule has 2 amide bonds. The van der Waals surface area contributed by atoms with Crippen LogP contribution in [-0.2, 0) is 11.8 Å². The Morgan fingerprint density at radius 3 is 2.65 bits per heavy atom. The third-order valence-electron chi connectivity index (χ3n) is 5.07. The van der Waals surface area contributed by atoms with E-state index in [2.05, 4.69) is 27.4 Å². The van der Waals surface area contributed by atoms with E-state index < -0.39 is 6.03 Å². The van der Waals surface area contributed by atoms with Gasteiger partial charge in [-0.25, -0.2) is 4.79 Å². The monoisotopic (exact) mass is 462 g/mol. The Morgan fingerprint density at radius 2 is 2.00 bits per heavy atom. The van der Waals surface area contributed by atoms with E-state index in [4.69, 9.17) is 9.26 Å². The van der Waals surface area contributed by atoms with E-state index in [0.717, 1.165) is 22.2 Å². The Bertz CT molecular complexity index is 1320. The number of amides is 2. The molecule has 2 aromatic carbocycles. The number of methoxy groups -OCH3 is 1. The Balaban J connectivity index is 1.81. The maximum Gasteiger partial charge on any atom is 0.326 e. The van der Waals surface area contributed by atoms with Gasteiger partial charge in [0.1, 0.15) is 0 Å². The molecule has 34 heavy (non-hydrogen) atoms. The second-order valence-corrected chi connectivity index (χ2v) is 8.80. The molecule has 0 aliphatic rings. The maximum absolute atomic E-state index is 12.5. The van der Waals surface area contributed by atoms with E-state index in [1.165, 1.54) is 7.11 Å². The number of phenols is 1. The average molecular weight is 463 g/mol. The molecule has 0 aliphatic heterocycles. The third-order valence-corrected chi connectivity index (χ3v) is 5.07. The number of phenolic OH excluding ortho intramolecular Hbond substituents is 1. The molecule has 8 nitrogen and oxygen atoms in total. The maximum atomic E-state index is 12.5. The van der Waals surface area contributed by atoms with Crippen LogP contribution in [0.25, 0.3) is 12.3 Å². The molecule has 3 rings (SSSR count). The highest BCUT2D eigenvalue weighted by Crippen LogP contribution is 2.24. The number of anilines is 2. The first-order valence-corrected chi connectivity index (χ1v) is 10.8. The van der Waals surface area contributed by atoms with Crippen molar-refractivity contribution in [3.63, 3.8) is 0 Å². The number of nitrogens with one attached hydrogen (secondary N) is 2. The lowest BCUT2D eigenvalue weighted by molar-refractivity contribution is 0.261. The smallest absolute Gasteiger partial charge is 0.326 e. The summed E-state index contributed by atoms with van der Waals surface area (Å²) in [4.78, 5) is 17.0. The molecule has 0 saturated heterocycles. The number of hydrogen-bond donors (Lipinski definition) is 3. The van der Waals surface area contributed by atoms with Gasteiger partial charge in [0.2, 0.25) is 5.88 Å². The highest BCUT2D eigenvalue weighted by atomic mass is 16.5. The van der Waals surface area contributed by atoms with Crippen LogP contribution in [-0.4, -0.2) is 29.6 Å². The summed E-state index contributed by atoms with van der Waals surface area (Å²) < 4.78 is 10.5. The summed E-state index contributed by atoms with van der Waals surface area (Å²) in [6, 6.07) is 12.0. The van der Waals surface area contributed by atoms with Gasteiger partial charge in [-0.3, -0.25) is 10.3 Å². The number of urea groups is 1. The summed E-state index contributed by atoms with van der Waals surface area (Å²) in [6.45, 7) is 11.9. The van der Waals surface area contributed by atoms with Gasteiger partial charge >= 0.3 is 6.03 Å². The molecule has 3 aromatic rings. The molecule has 0 atom stereocenters. The molecule has 0 unspecified atom stereocenters. The van der Waals surface area contributed by atoms with Crippen molar-refractivity contribution in [3.8, 4) is 11.5 Å². The van der Waals surface area contributed by atoms with Crippen LogP contribution in [0.4, 0.5) is 16.4 Å². The number of rotatable bonds is 6. The van der Waals surface area contributed by atoms with E-state index in [0.29, 0.717) is 23.1 Å². The van der Waals surface area contributed by atoms with Crippen molar-refractivity contribution in [3.05, 3.63) is 64.2 Å². The second kappa shape index (κ2) is 10.2. The number of ether oxygens (including phenoxy) is 1. The molecule has 3 N–H and O–H groups in total. The third kappa shape index (κ3) is 6.04. The van der Waals surface area contributed by atoms with Gasteiger partial charge < -0.3 is 19.7 Å². The number of carbonyl (C=O) groups is 1. The van der Waals surface area contributed by atoms with E-state index in [-0.39, 0.29) is 17.0 Å². The Labute approximate surface area is 198 Å². The lowest BCUT2D eigenvalue weighted by atomic mass is 9.92. The zero-order chi connectivity index (χ0) is 24.9. The minimum absolute atomic E-state index is 0.0228. The summed E-state index contributed by atoms with van der Waals surface area (Å²) in [7, 11) is 1.49. The van der Waals surface area contributed by atoms with Gasteiger partial charge in [0.15, 0.2) is 11.5 Å². The molecule has 0 fully saturated rings. The molecule has 0 radical (unpaired) electrons. The first-order valence-electron chi connectivity index (χ1n) is 10.8. The largest absolute Gasteiger partial charge is 0.504 e. The molecule has 1 heterocycles. The Hall–Kier alpha value is -4.07. The van der Waals surface area contributed by atoms with Crippen LogP contribution in [0.3, 0.4) is 0 Å². The van der Waals surface area contributed by atoms with Crippen LogP contribution in [0.1, 0.15) is 39.0 Å². The van der Waals surface area contributed by atoms with E-state index >= 15 is 0 Å². The van der Waals surface area contributed by atoms with Crippen molar-refractivity contribution < 1.29 is 19.2 Å². The lowest BCUT2D eigenvalue weighted by Gasteiger charge is -2.12. The normalized spacial score (nSPS) is 12.5. The SMILES string of the molecule is C=c1cc(O)c(OC)c/c1=C(\Cc1cccc(NC(=O)Nc2cc(C(C)(C)C)no2)c1)N=CC. The van der Waals surface area contributed by atoms with E-state index in [9.17, 15) is 9.90 Å². The van der Waals surface area contributed by atoms with Crippen molar-refractivity contribution in [1.82, 2.24) is 5.16 Å². The van der Waals surface area contributed by atoms with Gasteiger partial charge in [-0.15, -0.1) is 0 Å². The topological polar surface area (TPSA) is 109 Å². The Kier molecular flexibility index (Phi) is 7.40. The number of hydrogen-bond acceptors (Lipinski definition) is 6. The minimum atomic E-state index is -0.437. The van der Waals surface area contributed by atoms with Crippen LogP contribution in [0.5, 0.6) is 11.5 Å². The molecule has 0 spiro atoms. The van der Waals surface area contributed by atoms with Gasteiger partial charge in [-0.1, -0.05) is 44.6 Å². The molecule has 0 aliphatic carbocycles. The predicted molar refractivity (Wildman–Crippen MR) is 135 cm³/mol. The van der Waals surface area contributed by atoms with E-state index in [1.807, 2.05) is 45.9 Å². The highest BCUT2D eigenvalue weighted by Gasteiger charge is 2.19. The van der Waals surface area contributed by atoms with Crippen LogP contribution in [0.2, 0.25) is 0 Å². The molecular formula is C26H30N4O4. The van der Waals surface area contributed by atoms with Crippen molar-refractivity contribution in [2.24, 2.45) is 4.99 Å². The van der Waals surface area contributed by atoms with Crippen molar-refractivity contribution in [2.75, 3.05) is 17.7 Å². The van der Waals surface area contributed by atoms with Crippen LogP contribution >= 0.6 is 0 Å². The fraction of sp³-hybridized carbons (Fsp3) is 0.269. The summed E-state index contributed by atoms with van der Waals surface area (Å²) in [5.41, 5.74) is 2.87. The van der Waals surface area contributed by atoms with Gasteiger partial charge in [0, 0.05) is 35.0 Å². The van der Waals surface area contributed by atoms with Crippen LogP contribution in [0, 0.1) is 0 Å². The van der Waals surface area contributed by atoms with Gasteiger partial charge in [0.05, 0.1) is 18.5 Å². The summed E-state index contributed by atoms with van der Waals surface area (Å²) in [6.07, 6.45) is 2.18. The summed E-state index contributed by atoms with van der Waals surface area (Å²) in [5.74, 6) is 0.644. The van der Waals surface area contributed by atoms with E-state index in [1.54, 1.807) is 30.5 Å². The lowest BCUT2D eigenvalue weighted by Crippen LogP contribution is -2.26. The van der Waals surface area contributed by atoms with Crippen molar-refractivity contribution >= 4 is 36.1 Å². The second-order valence-electron chi connectivity index (χ2n) is 8.80. The molecule has 0 bridgehead atoms.